The molecule has 1 aliphatic heterocycles. The summed E-state index contributed by atoms with van der Waals surface area (Å²) in [6.45, 7) is 6.48. The highest BCUT2D eigenvalue weighted by Crippen LogP contribution is 2.65. The molecule has 1 heterocycles. The topological polar surface area (TPSA) is 29.1 Å². The standard InChI is InChI=1S/C15H19NO/c1-4-15-8-12(15)11-6-5-10(9(2)3)7-13(11)16-14(15)17/h5-7,9,12H,4,8H2,1-3H3,(H,16,17)/t12-,15-/m1/s1. The quantitative estimate of drug-likeness (QED) is 0.824. The lowest BCUT2D eigenvalue weighted by Gasteiger charge is -2.24. The minimum atomic E-state index is -0.0770. The van der Waals surface area contributed by atoms with E-state index in [1.807, 2.05) is 0 Å². The molecule has 1 aromatic rings. The van der Waals surface area contributed by atoms with E-state index in [9.17, 15) is 4.79 Å². The van der Waals surface area contributed by atoms with Crippen molar-refractivity contribution in [3.63, 3.8) is 0 Å². The molecular formula is C15H19NO. The maximum Gasteiger partial charge on any atom is 0.231 e. The average Bonchev–Trinajstić information content (AvgIpc) is 3.05. The first-order chi connectivity index (χ1) is 8.08. The van der Waals surface area contributed by atoms with Crippen LogP contribution >= 0.6 is 0 Å². The zero-order valence-corrected chi connectivity index (χ0v) is 10.7. The van der Waals surface area contributed by atoms with Crippen molar-refractivity contribution in [3.8, 4) is 0 Å². The molecule has 1 aliphatic carbocycles. The number of rotatable bonds is 2. The van der Waals surface area contributed by atoms with E-state index < -0.39 is 0 Å². The Labute approximate surface area is 102 Å². The van der Waals surface area contributed by atoms with E-state index in [4.69, 9.17) is 0 Å². The van der Waals surface area contributed by atoms with Gasteiger partial charge in [0.2, 0.25) is 5.91 Å². The molecule has 2 atom stereocenters. The van der Waals surface area contributed by atoms with Gasteiger partial charge < -0.3 is 5.32 Å². The highest BCUT2D eigenvalue weighted by Gasteiger charge is 2.61. The van der Waals surface area contributed by atoms with Crippen LogP contribution in [0.3, 0.4) is 0 Å². The lowest BCUT2D eigenvalue weighted by Crippen LogP contribution is -2.29. The molecule has 3 rings (SSSR count). The normalized spacial score (nSPS) is 29.6. The second-order valence-electron chi connectivity index (χ2n) is 5.72. The summed E-state index contributed by atoms with van der Waals surface area (Å²) in [6.07, 6.45) is 1.98. The smallest absolute Gasteiger partial charge is 0.231 e. The van der Waals surface area contributed by atoms with Crippen LogP contribution in [0.15, 0.2) is 18.2 Å². The van der Waals surface area contributed by atoms with Gasteiger partial charge in [-0.3, -0.25) is 4.79 Å². The van der Waals surface area contributed by atoms with Gasteiger partial charge in [0.1, 0.15) is 0 Å². The third-order valence-electron chi connectivity index (χ3n) is 4.53. The van der Waals surface area contributed by atoms with Gasteiger partial charge in [-0.05, 0) is 36.0 Å². The molecule has 2 nitrogen and oxygen atoms in total. The summed E-state index contributed by atoms with van der Waals surface area (Å²) in [6, 6.07) is 6.57. The summed E-state index contributed by atoms with van der Waals surface area (Å²) in [5, 5.41) is 3.10. The molecule has 0 saturated heterocycles. The van der Waals surface area contributed by atoms with E-state index in [0.29, 0.717) is 11.8 Å². The number of carbonyl (C=O) groups is 1. The fourth-order valence-electron chi connectivity index (χ4n) is 3.11. The van der Waals surface area contributed by atoms with Gasteiger partial charge in [0, 0.05) is 11.6 Å². The van der Waals surface area contributed by atoms with Gasteiger partial charge in [-0.2, -0.15) is 0 Å². The first-order valence-corrected chi connectivity index (χ1v) is 6.54. The van der Waals surface area contributed by atoms with Crippen LogP contribution in [0.1, 0.15) is 56.6 Å². The van der Waals surface area contributed by atoms with E-state index >= 15 is 0 Å². The van der Waals surface area contributed by atoms with E-state index in [2.05, 4.69) is 44.3 Å². The molecule has 1 fully saturated rings. The highest BCUT2D eigenvalue weighted by molar-refractivity contribution is 6.02. The Kier molecular flexibility index (Phi) is 2.13. The lowest BCUT2D eigenvalue weighted by atomic mass is 9.89. The van der Waals surface area contributed by atoms with Crippen molar-refractivity contribution in [1.82, 2.24) is 0 Å². The molecule has 2 aliphatic rings. The molecule has 0 aromatic heterocycles. The summed E-state index contributed by atoms with van der Waals surface area (Å²) in [4.78, 5) is 12.1. The highest BCUT2D eigenvalue weighted by atomic mass is 16.2. The fraction of sp³-hybridized carbons (Fsp3) is 0.533. The number of hydrogen-bond donors (Lipinski definition) is 1. The van der Waals surface area contributed by atoms with Gasteiger partial charge in [0.05, 0.1) is 5.41 Å². The van der Waals surface area contributed by atoms with Crippen molar-refractivity contribution in [2.45, 2.75) is 45.4 Å². The number of anilines is 1. The van der Waals surface area contributed by atoms with Crippen molar-refractivity contribution >= 4 is 11.6 Å². The summed E-state index contributed by atoms with van der Waals surface area (Å²) in [5.74, 6) is 1.21. The summed E-state index contributed by atoms with van der Waals surface area (Å²) in [7, 11) is 0. The van der Waals surface area contributed by atoms with Gasteiger partial charge in [0.25, 0.3) is 0 Å². The lowest BCUT2D eigenvalue weighted by molar-refractivity contribution is -0.121. The molecule has 0 radical (unpaired) electrons. The Morgan fingerprint density at radius 2 is 2.24 bits per heavy atom. The molecule has 1 aromatic carbocycles. The Morgan fingerprint density at radius 1 is 1.47 bits per heavy atom. The Morgan fingerprint density at radius 3 is 2.88 bits per heavy atom. The molecule has 2 heteroatoms. The zero-order chi connectivity index (χ0) is 12.2. The van der Waals surface area contributed by atoms with Gasteiger partial charge in [0.15, 0.2) is 0 Å². The molecule has 0 bridgehead atoms. The summed E-state index contributed by atoms with van der Waals surface area (Å²) < 4.78 is 0. The van der Waals surface area contributed by atoms with Crippen molar-refractivity contribution in [1.29, 1.82) is 0 Å². The molecule has 1 N–H and O–H groups in total. The monoisotopic (exact) mass is 229 g/mol. The van der Waals surface area contributed by atoms with E-state index in [0.717, 1.165) is 18.5 Å². The van der Waals surface area contributed by atoms with Crippen LogP contribution < -0.4 is 5.32 Å². The van der Waals surface area contributed by atoms with Gasteiger partial charge in [-0.1, -0.05) is 32.9 Å². The molecule has 1 saturated carbocycles. The first-order valence-electron chi connectivity index (χ1n) is 6.54. The zero-order valence-electron chi connectivity index (χ0n) is 10.7. The number of amides is 1. The van der Waals surface area contributed by atoms with Crippen LogP contribution in [0, 0.1) is 5.41 Å². The number of benzene rings is 1. The van der Waals surface area contributed by atoms with Gasteiger partial charge in [-0.15, -0.1) is 0 Å². The van der Waals surface area contributed by atoms with Crippen LogP contribution in [0.25, 0.3) is 0 Å². The molecule has 0 spiro atoms. The Bertz CT molecular complexity index is 492. The van der Waals surface area contributed by atoms with E-state index in [1.54, 1.807) is 0 Å². The molecular weight excluding hydrogens is 210 g/mol. The van der Waals surface area contributed by atoms with Crippen LogP contribution in [-0.4, -0.2) is 5.91 Å². The SMILES string of the molecule is CC[C@@]12C[C@@H]1c1ccc(C(C)C)cc1NC2=O. The number of carbonyl (C=O) groups excluding carboxylic acids is 1. The minimum absolute atomic E-state index is 0.0770. The van der Waals surface area contributed by atoms with Crippen LogP contribution in [0.5, 0.6) is 0 Å². The van der Waals surface area contributed by atoms with E-state index in [-0.39, 0.29) is 11.3 Å². The maximum atomic E-state index is 12.1. The second kappa shape index (κ2) is 3.34. The number of hydrogen-bond acceptors (Lipinski definition) is 1. The van der Waals surface area contributed by atoms with Crippen LogP contribution in [0.2, 0.25) is 0 Å². The molecule has 90 valence electrons. The fourth-order valence-corrected chi connectivity index (χ4v) is 3.11. The largest absolute Gasteiger partial charge is 0.325 e. The minimum Gasteiger partial charge on any atom is -0.325 e. The van der Waals surface area contributed by atoms with Gasteiger partial charge >= 0.3 is 0 Å². The predicted octanol–water partition coefficient (Wildman–Crippen LogP) is 3.65. The van der Waals surface area contributed by atoms with Crippen molar-refractivity contribution in [3.05, 3.63) is 29.3 Å². The Balaban J connectivity index is 2.03. The number of fused-ring (bicyclic) bond motifs is 3. The molecule has 1 amide bonds. The third kappa shape index (κ3) is 1.36. The first kappa shape index (κ1) is 10.8. The predicted molar refractivity (Wildman–Crippen MR) is 69.2 cm³/mol. The van der Waals surface area contributed by atoms with Crippen LogP contribution in [0.4, 0.5) is 5.69 Å². The van der Waals surface area contributed by atoms with Crippen LogP contribution in [-0.2, 0) is 4.79 Å². The average molecular weight is 229 g/mol. The molecule has 17 heavy (non-hydrogen) atoms. The van der Waals surface area contributed by atoms with E-state index in [1.165, 1.54) is 11.1 Å². The van der Waals surface area contributed by atoms with Crippen molar-refractivity contribution in [2.24, 2.45) is 5.41 Å². The Hall–Kier alpha value is -1.31. The second-order valence-corrected chi connectivity index (χ2v) is 5.72. The maximum absolute atomic E-state index is 12.1. The summed E-state index contributed by atoms with van der Waals surface area (Å²) >= 11 is 0. The third-order valence-corrected chi connectivity index (χ3v) is 4.53. The van der Waals surface area contributed by atoms with Crippen molar-refractivity contribution in [2.75, 3.05) is 5.32 Å². The molecule has 0 unspecified atom stereocenters. The summed E-state index contributed by atoms with van der Waals surface area (Å²) in [5.41, 5.74) is 3.61. The number of nitrogens with one attached hydrogen (secondary N) is 1. The van der Waals surface area contributed by atoms with Gasteiger partial charge in [-0.25, -0.2) is 0 Å². The van der Waals surface area contributed by atoms with Crippen molar-refractivity contribution < 1.29 is 4.79 Å².